The van der Waals surface area contributed by atoms with Gasteiger partial charge in [0, 0.05) is 29.4 Å². The molecule has 1 atom stereocenters. The minimum absolute atomic E-state index is 0. The SMILES string of the molecule is CC(C)(C)C(=O)NCCc1ccc(S(=O)(=O)NC2CCCNC2)s1.Cl. The average Bonchev–Trinajstić information content (AvgIpc) is 2.96. The maximum atomic E-state index is 12.4. The van der Waals surface area contributed by atoms with Crippen LogP contribution in [0.5, 0.6) is 0 Å². The molecule has 1 aliphatic heterocycles. The van der Waals surface area contributed by atoms with E-state index in [-0.39, 0.29) is 24.4 Å². The molecule has 0 aromatic carbocycles. The summed E-state index contributed by atoms with van der Waals surface area (Å²) in [6.07, 6.45) is 2.48. The number of nitrogens with one attached hydrogen (secondary N) is 3. The summed E-state index contributed by atoms with van der Waals surface area (Å²) in [6, 6.07) is 3.42. The van der Waals surface area contributed by atoms with Crippen molar-refractivity contribution in [2.75, 3.05) is 19.6 Å². The molecule has 1 saturated heterocycles. The first-order valence-electron chi connectivity index (χ1n) is 8.28. The molecule has 1 unspecified atom stereocenters. The molecule has 2 rings (SSSR count). The van der Waals surface area contributed by atoms with Gasteiger partial charge in [-0.15, -0.1) is 23.7 Å². The highest BCUT2D eigenvalue weighted by Gasteiger charge is 2.23. The molecule has 1 fully saturated rings. The molecular formula is C16H28ClN3O3S2. The van der Waals surface area contributed by atoms with Gasteiger partial charge in [-0.05, 0) is 37.9 Å². The molecule has 0 saturated carbocycles. The maximum Gasteiger partial charge on any atom is 0.250 e. The molecule has 0 aliphatic carbocycles. The Morgan fingerprint density at radius 1 is 1.36 bits per heavy atom. The smallest absolute Gasteiger partial charge is 0.250 e. The number of rotatable bonds is 6. The lowest BCUT2D eigenvalue weighted by atomic mass is 9.96. The van der Waals surface area contributed by atoms with E-state index in [4.69, 9.17) is 0 Å². The van der Waals surface area contributed by atoms with Crippen LogP contribution >= 0.6 is 23.7 Å². The quantitative estimate of drug-likeness (QED) is 0.669. The minimum atomic E-state index is -3.46. The van der Waals surface area contributed by atoms with E-state index in [2.05, 4.69) is 15.4 Å². The van der Waals surface area contributed by atoms with Gasteiger partial charge in [0.1, 0.15) is 4.21 Å². The Kier molecular flexibility index (Phi) is 8.34. The van der Waals surface area contributed by atoms with Gasteiger partial charge in [0.2, 0.25) is 15.9 Å². The highest BCUT2D eigenvalue weighted by Crippen LogP contribution is 2.22. The molecule has 1 amide bonds. The van der Waals surface area contributed by atoms with Gasteiger partial charge in [-0.2, -0.15) is 0 Å². The molecule has 0 radical (unpaired) electrons. The van der Waals surface area contributed by atoms with Crippen molar-refractivity contribution in [3.8, 4) is 0 Å². The lowest BCUT2D eigenvalue weighted by Crippen LogP contribution is -2.45. The summed E-state index contributed by atoms with van der Waals surface area (Å²) in [5.41, 5.74) is -0.415. The van der Waals surface area contributed by atoms with Gasteiger partial charge in [-0.1, -0.05) is 20.8 Å². The van der Waals surface area contributed by atoms with Crippen molar-refractivity contribution < 1.29 is 13.2 Å². The molecule has 0 bridgehead atoms. The summed E-state index contributed by atoms with van der Waals surface area (Å²) in [5, 5.41) is 6.08. The summed E-state index contributed by atoms with van der Waals surface area (Å²) >= 11 is 1.27. The predicted octanol–water partition coefficient (Wildman–Crippen LogP) is 1.90. The van der Waals surface area contributed by atoms with E-state index in [0.717, 1.165) is 24.3 Å². The second-order valence-electron chi connectivity index (χ2n) is 7.14. The van der Waals surface area contributed by atoms with Gasteiger partial charge in [0.15, 0.2) is 0 Å². The van der Waals surface area contributed by atoms with Crippen LogP contribution in [0, 0.1) is 5.41 Å². The van der Waals surface area contributed by atoms with Gasteiger partial charge >= 0.3 is 0 Å². The van der Waals surface area contributed by atoms with Crippen molar-refractivity contribution in [2.24, 2.45) is 5.41 Å². The Labute approximate surface area is 160 Å². The number of carbonyl (C=O) groups is 1. The Morgan fingerprint density at radius 2 is 2.08 bits per heavy atom. The van der Waals surface area contributed by atoms with Crippen LogP contribution in [0.4, 0.5) is 0 Å². The first-order chi connectivity index (χ1) is 11.2. The number of halogens is 1. The fourth-order valence-electron chi connectivity index (χ4n) is 2.43. The van der Waals surface area contributed by atoms with Crippen LogP contribution in [0.2, 0.25) is 0 Å². The van der Waals surface area contributed by atoms with Gasteiger partial charge in [-0.25, -0.2) is 13.1 Å². The Morgan fingerprint density at radius 3 is 2.68 bits per heavy atom. The maximum absolute atomic E-state index is 12.4. The first-order valence-corrected chi connectivity index (χ1v) is 10.6. The lowest BCUT2D eigenvalue weighted by molar-refractivity contribution is -0.128. The van der Waals surface area contributed by atoms with Crippen molar-refractivity contribution >= 4 is 39.7 Å². The number of piperidine rings is 1. The van der Waals surface area contributed by atoms with Crippen LogP contribution in [0.25, 0.3) is 0 Å². The van der Waals surface area contributed by atoms with E-state index in [1.807, 2.05) is 26.8 Å². The second-order valence-corrected chi connectivity index (χ2v) is 10.3. The predicted molar refractivity (Wildman–Crippen MR) is 104 cm³/mol. The second kappa shape index (κ2) is 9.32. The van der Waals surface area contributed by atoms with Crippen LogP contribution in [0.3, 0.4) is 0 Å². The summed E-state index contributed by atoms with van der Waals surface area (Å²) in [4.78, 5) is 12.8. The molecule has 25 heavy (non-hydrogen) atoms. The zero-order valence-corrected chi connectivity index (χ0v) is 17.4. The number of carbonyl (C=O) groups excluding carboxylic acids is 1. The fourth-order valence-corrected chi connectivity index (χ4v) is 5.07. The summed E-state index contributed by atoms with van der Waals surface area (Å²) in [5.74, 6) is -0.00151. The standard InChI is InChI=1S/C16H27N3O3S2.ClH/c1-16(2,3)15(20)18-10-8-13-6-7-14(23-13)24(21,22)19-12-5-4-9-17-11-12;/h6-7,12,17,19H,4-5,8-11H2,1-3H3,(H,18,20);1H. The normalized spacial score (nSPS) is 18.4. The van der Waals surface area contributed by atoms with Crippen molar-refractivity contribution in [1.29, 1.82) is 0 Å². The van der Waals surface area contributed by atoms with E-state index in [1.165, 1.54) is 11.3 Å². The van der Waals surface area contributed by atoms with Crippen molar-refractivity contribution in [1.82, 2.24) is 15.4 Å². The third-order valence-corrected chi connectivity index (χ3v) is 7.02. The molecule has 0 spiro atoms. The van der Waals surface area contributed by atoms with Crippen molar-refractivity contribution in [3.63, 3.8) is 0 Å². The van der Waals surface area contributed by atoms with Gasteiger partial charge in [0.05, 0.1) is 0 Å². The first kappa shape index (κ1) is 22.4. The number of thiophene rings is 1. The highest BCUT2D eigenvalue weighted by atomic mass is 35.5. The number of hydrogen-bond donors (Lipinski definition) is 3. The van der Waals surface area contributed by atoms with Crippen LogP contribution in [-0.2, 0) is 21.2 Å². The third kappa shape index (κ3) is 6.86. The molecule has 1 aromatic rings. The summed E-state index contributed by atoms with van der Waals surface area (Å²) in [7, 11) is -3.46. The van der Waals surface area contributed by atoms with E-state index in [0.29, 0.717) is 23.7 Å². The zero-order valence-electron chi connectivity index (χ0n) is 14.9. The van der Waals surface area contributed by atoms with Gasteiger partial charge in [-0.3, -0.25) is 4.79 Å². The Balaban J connectivity index is 0.00000312. The third-order valence-electron chi connectivity index (χ3n) is 3.86. The van der Waals surface area contributed by atoms with Gasteiger partial charge in [0.25, 0.3) is 0 Å². The Bertz CT molecular complexity index is 662. The number of hydrogen-bond acceptors (Lipinski definition) is 5. The molecule has 9 heteroatoms. The lowest BCUT2D eigenvalue weighted by Gasteiger charge is -2.23. The zero-order chi connectivity index (χ0) is 17.8. The molecular weight excluding hydrogens is 382 g/mol. The van der Waals surface area contributed by atoms with Crippen LogP contribution in [-0.4, -0.2) is 40.0 Å². The highest BCUT2D eigenvalue weighted by molar-refractivity contribution is 7.91. The van der Waals surface area contributed by atoms with E-state index < -0.39 is 15.4 Å². The molecule has 144 valence electrons. The van der Waals surface area contributed by atoms with Crippen LogP contribution in [0.1, 0.15) is 38.5 Å². The van der Waals surface area contributed by atoms with Crippen LogP contribution < -0.4 is 15.4 Å². The molecule has 3 N–H and O–H groups in total. The number of sulfonamides is 1. The molecule has 6 nitrogen and oxygen atoms in total. The van der Waals surface area contributed by atoms with E-state index in [1.54, 1.807) is 6.07 Å². The monoisotopic (exact) mass is 409 g/mol. The molecule has 1 aromatic heterocycles. The fraction of sp³-hybridized carbons (Fsp3) is 0.688. The van der Waals surface area contributed by atoms with Crippen molar-refractivity contribution in [3.05, 3.63) is 17.0 Å². The van der Waals surface area contributed by atoms with Crippen LogP contribution in [0.15, 0.2) is 16.3 Å². The molecule has 1 aliphatic rings. The van der Waals surface area contributed by atoms with E-state index in [9.17, 15) is 13.2 Å². The number of amides is 1. The largest absolute Gasteiger partial charge is 0.355 e. The van der Waals surface area contributed by atoms with Gasteiger partial charge < -0.3 is 10.6 Å². The Hall–Kier alpha value is -0.670. The average molecular weight is 410 g/mol. The summed E-state index contributed by atoms with van der Waals surface area (Å²) in [6.45, 7) is 7.73. The van der Waals surface area contributed by atoms with Crippen molar-refractivity contribution in [2.45, 2.75) is 50.3 Å². The van der Waals surface area contributed by atoms with E-state index >= 15 is 0 Å². The minimum Gasteiger partial charge on any atom is -0.355 e. The molecule has 2 heterocycles. The topological polar surface area (TPSA) is 87.3 Å². The summed E-state index contributed by atoms with van der Waals surface area (Å²) < 4.78 is 28.0.